The molecule has 0 spiro atoms. The van der Waals surface area contributed by atoms with Crippen molar-refractivity contribution in [3.8, 4) is 0 Å². The predicted molar refractivity (Wildman–Crippen MR) is 102 cm³/mol. The fourth-order valence-corrected chi connectivity index (χ4v) is 3.05. The number of hydrogen-bond donors (Lipinski definition) is 2. The van der Waals surface area contributed by atoms with Gasteiger partial charge in [0.2, 0.25) is 5.91 Å². The van der Waals surface area contributed by atoms with Crippen LogP contribution in [0.15, 0.2) is 36.7 Å². The Morgan fingerprint density at radius 2 is 1.81 bits per heavy atom. The molecule has 2 aromatic rings. The maximum Gasteiger partial charge on any atom is 0.253 e. The van der Waals surface area contributed by atoms with Gasteiger partial charge in [0.25, 0.3) is 5.91 Å². The van der Waals surface area contributed by atoms with Crippen LogP contribution in [0.3, 0.4) is 0 Å². The van der Waals surface area contributed by atoms with Crippen LogP contribution in [0.4, 0.5) is 5.69 Å². The van der Waals surface area contributed by atoms with E-state index >= 15 is 0 Å². The normalized spacial score (nSPS) is 14.6. The number of carbonyl (C=O) groups excluding carboxylic acids is 2. The van der Waals surface area contributed by atoms with Crippen molar-refractivity contribution in [2.24, 2.45) is 7.05 Å². The number of halogens is 1. The minimum atomic E-state index is -0.486. The standard InChI is InChI=1S/C18H23N5O2.ClH/c1-19-16(14-11-20-22(2)12-14)17(24)21-15-7-5-13(6-8-15)18(25)23-9-3-4-10-23;/h5-8,11-12,16,19H,3-4,9-10H2,1-2H3,(H,21,24);1H. The predicted octanol–water partition coefficient (Wildman–Crippen LogP) is 1.98. The van der Waals surface area contributed by atoms with Crippen molar-refractivity contribution < 1.29 is 9.59 Å². The van der Waals surface area contributed by atoms with Crippen molar-refractivity contribution in [1.29, 1.82) is 0 Å². The first-order valence-electron chi connectivity index (χ1n) is 8.44. The van der Waals surface area contributed by atoms with Gasteiger partial charge in [0, 0.05) is 43.1 Å². The van der Waals surface area contributed by atoms with Crippen LogP contribution in [-0.4, -0.2) is 46.6 Å². The van der Waals surface area contributed by atoms with Gasteiger partial charge >= 0.3 is 0 Å². The zero-order valence-corrected chi connectivity index (χ0v) is 15.8. The zero-order chi connectivity index (χ0) is 17.8. The van der Waals surface area contributed by atoms with Gasteiger partial charge < -0.3 is 15.5 Å². The van der Waals surface area contributed by atoms with Crippen molar-refractivity contribution in [2.75, 3.05) is 25.5 Å². The van der Waals surface area contributed by atoms with Gasteiger partial charge in [-0.05, 0) is 44.2 Å². The van der Waals surface area contributed by atoms with E-state index in [1.165, 1.54) is 0 Å². The molecular formula is C18H24ClN5O2. The van der Waals surface area contributed by atoms with Crippen LogP contribution in [0.5, 0.6) is 0 Å². The molecule has 0 radical (unpaired) electrons. The highest BCUT2D eigenvalue weighted by Crippen LogP contribution is 2.18. The molecule has 140 valence electrons. The largest absolute Gasteiger partial charge is 0.339 e. The first-order chi connectivity index (χ1) is 12.1. The number of aromatic nitrogens is 2. The SMILES string of the molecule is CNC(C(=O)Nc1ccc(C(=O)N2CCCC2)cc1)c1cnn(C)c1.Cl. The van der Waals surface area contributed by atoms with Crippen LogP contribution in [0.1, 0.15) is 34.8 Å². The minimum absolute atomic E-state index is 0. The van der Waals surface area contributed by atoms with Gasteiger partial charge in [0.1, 0.15) is 6.04 Å². The van der Waals surface area contributed by atoms with Crippen molar-refractivity contribution in [2.45, 2.75) is 18.9 Å². The Balaban J connectivity index is 0.00000243. The number of hydrogen-bond acceptors (Lipinski definition) is 4. The quantitative estimate of drug-likeness (QED) is 0.835. The second kappa shape index (κ2) is 8.82. The van der Waals surface area contributed by atoms with E-state index in [0.29, 0.717) is 11.3 Å². The number of rotatable bonds is 5. The average molecular weight is 378 g/mol. The number of anilines is 1. The van der Waals surface area contributed by atoms with E-state index in [2.05, 4.69) is 15.7 Å². The van der Waals surface area contributed by atoms with E-state index in [1.807, 2.05) is 11.9 Å². The molecule has 1 unspecified atom stereocenters. The van der Waals surface area contributed by atoms with Gasteiger partial charge in [-0.25, -0.2) is 0 Å². The Labute approximate surface area is 159 Å². The number of nitrogens with one attached hydrogen (secondary N) is 2. The molecule has 1 atom stereocenters. The van der Waals surface area contributed by atoms with Crippen molar-refractivity contribution in [3.05, 3.63) is 47.8 Å². The fourth-order valence-electron chi connectivity index (χ4n) is 3.05. The monoisotopic (exact) mass is 377 g/mol. The first-order valence-corrected chi connectivity index (χ1v) is 8.44. The van der Waals surface area contributed by atoms with Gasteiger partial charge in [0.05, 0.1) is 6.20 Å². The summed E-state index contributed by atoms with van der Waals surface area (Å²) in [6, 6.07) is 6.55. The van der Waals surface area contributed by atoms with E-state index in [-0.39, 0.29) is 24.2 Å². The summed E-state index contributed by atoms with van der Waals surface area (Å²) in [5.41, 5.74) is 2.10. The molecule has 3 rings (SSSR count). The van der Waals surface area contributed by atoms with E-state index in [4.69, 9.17) is 0 Å². The van der Waals surface area contributed by atoms with Gasteiger partial charge in [-0.2, -0.15) is 5.10 Å². The highest BCUT2D eigenvalue weighted by molar-refractivity contribution is 5.97. The molecule has 1 aromatic heterocycles. The molecule has 1 aromatic carbocycles. The lowest BCUT2D eigenvalue weighted by Crippen LogP contribution is -2.30. The summed E-state index contributed by atoms with van der Waals surface area (Å²) in [5, 5.41) is 9.96. The zero-order valence-electron chi connectivity index (χ0n) is 14.9. The third kappa shape index (κ3) is 4.42. The topological polar surface area (TPSA) is 79.3 Å². The smallest absolute Gasteiger partial charge is 0.253 e. The molecule has 2 N–H and O–H groups in total. The maximum absolute atomic E-state index is 12.5. The molecule has 1 saturated heterocycles. The fraction of sp³-hybridized carbons (Fsp3) is 0.389. The van der Waals surface area contributed by atoms with Crippen molar-refractivity contribution >= 4 is 29.9 Å². The lowest BCUT2D eigenvalue weighted by molar-refractivity contribution is -0.118. The number of benzene rings is 1. The van der Waals surface area contributed by atoms with Crippen LogP contribution >= 0.6 is 12.4 Å². The van der Waals surface area contributed by atoms with Gasteiger partial charge in [-0.1, -0.05) is 0 Å². The summed E-state index contributed by atoms with van der Waals surface area (Å²) in [7, 11) is 3.54. The molecule has 1 aliphatic rings. The molecule has 0 aliphatic carbocycles. The highest BCUT2D eigenvalue weighted by atomic mass is 35.5. The van der Waals surface area contributed by atoms with Gasteiger partial charge in [0.15, 0.2) is 0 Å². The van der Waals surface area contributed by atoms with Crippen LogP contribution in [0.25, 0.3) is 0 Å². The molecule has 0 bridgehead atoms. The Morgan fingerprint density at radius 1 is 1.15 bits per heavy atom. The third-order valence-electron chi connectivity index (χ3n) is 4.40. The number of amides is 2. The molecule has 2 heterocycles. The Kier molecular flexibility index (Phi) is 6.76. The summed E-state index contributed by atoms with van der Waals surface area (Å²) in [6.45, 7) is 1.65. The van der Waals surface area contributed by atoms with E-state index in [0.717, 1.165) is 31.5 Å². The number of likely N-dealkylation sites (tertiary alicyclic amines) is 1. The van der Waals surface area contributed by atoms with E-state index < -0.39 is 6.04 Å². The molecule has 7 nitrogen and oxygen atoms in total. The molecule has 1 aliphatic heterocycles. The second-order valence-corrected chi connectivity index (χ2v) is 6.23. The van der Waals surface area contributed by atoms with Crippen molar-refractivity contribution in [1.82, 2.24) is 20.0 Å². The van der Waals surface area contributed by atoms with Crippen molar-refractivity contribution in [3.63, 3.8) is 0 Å². The molecule has 0 saturated carbocycles. The Bertz CT molecular complexity index is 753. The minimum Gasteiger partial charge on any atom is -0.339 e. The van der Waals surface area contributed by atoms with Crippen LogP contribution in [-0.2, 0) is 11.8 Å². The number of carbonyl (C=O) groups is 2. The average Bonchev–Trinajstić information content (AvgIpc) is 3.28. The maximum atomic E-state index is 12.5. The van der Waals surface area contributed by atoms with Crippen LogP contribution in [0.2, 0.25) is 0 Å². The first kappa shape index (κ1) is 19.9. The van der Waals surface area contributed by atoms with Gasteiger partial charge in [-0.3, -0.25) is 14.3 Å². The van der Waals surface area contributed by atoms with E-state index in [9.17, 15) is 9.59 Å². The molecule has 2 amide bonds. The van der Waals surface area contributed by atoms with Gasteiger partial charge in [-0.15, -0.1) is 12.4 Å². The highest BCUT2D eigenvalue weighted by Gasteiger charge is 2.21. The van der Waals surface area contributed by atoms with E-state index in [1.54, 1.807) is 48.4 Å². The summed E-state index contributed by atoms with van der Waals surface area (Å²) in [5.74, 6) is -0.118. The molecule has 26 heavy (non-hydrogen) atoms. The lowest BCUT2D eigenvalue weighted by atomic mass is 10.1. The Morgan fingerprint density at radius 3 is 2.35 bits per heavy atom. The number of aryl methyl sites for hydroxylation is 1. The summed E-state index contributed by atoms with van der Waals surface area (Å²) < 4.78 is 1.66. The number of likely N-dealkylation sites (N-methyl/N-ethyl adjacent to an activating group) is 1. The summed E-state index contributed by atoms with van der Waals surface area (Å²) in [4.78, 5) is 26.7. The number of nitrogens with zero attached hydrogens (tertiary/aromatic N) is 3. The lowest BCUT2D eigenvalue weighted by Gasteiger charge is -2.16. The Hall–Kier alpha value is -2.38. The third-order valence-corrected chi connectivity index (χ3v) is 4.40. The molecule has 1 fully saturated rings. The summed E-state index contributed by atoms with van der Waals surface area (Å²) in [6.07, 6.45) is 5.61. The van der Waals surface area contributed by atoms with Crippen LogP contribution in [0, 0.1) is 0 Å². The summed E-state index contributed by atoms with van der Waals surface area (Å²) >= 11 is 0. The molecule has 8 heteroatoms. The molecular weight excluding hydrogens is 354 g/mol. The second-order valence-electron chi connectivity index (χ2n) is 6.23. The van der Waals surface area contributed by atoms with Crippen LogP contribution < -0.4 is 10.6 Å².